The Morgan fingerprint density at radius 2 is 1.42 bits per heavy atom. The molecule has 0 saturated carbocycles. The zero-order valence-electron chi connectivity index (χ0n) is 16.8. The minimum atomic E-state index is -0.0456. The Labute approximate surface area is 167 Å². The van der Waals surface area contributed by atoms with Crippen LogP contribution in [0.15, 0.2) is 35.3 Å². The lowest BCUT2D eigenvalue weighted by Crippen LogP contribution is -3.00. The molecule has 2 nitrogen and oxygen atoms in total. The first kappa shape index (κ1) is 22.9. The van der Waals surface area contributed by atoms with Crippen molar-refractivity contribution in [3.8, 4) is 0 Å². The molecular formula is C23H37ClN2. The molecule has 0 spiro atoms. The van der Waals surface area contributed by atoms with Gasteiger partial charge in [-0.25, -0.2) is 9.57 Å². The van der Waals surface area contributed by atoms with Crippen molar-refractivity contribution < 1.29 is 17.0 Å². The van der Waals surface area contributed by atoms with Crippen LogP contribution in [0.25, 0.3) is 0 Å². The molecule has 146 valence electrons. The van der Waals surface area contributed by atoms with Gasteiger partial charge in [-0.05, 0) is 6.42 Å². The highest BCUT2D eigenvalue weighted by Crippen LogP contribution is 2.24. The minimum Gasteiger partial charge on any atom is -1.00 e. The second-order valence-electron chi connectivity index (χ2n) is 7.69. The van der Waals surface area contributed by atoms with Crippen LogP contribution in [0.3, 0.4) is 0 Å². The first-order valence-corrected chi connectivity index (χ1v) is 10.4. The summed E-state index contributed by atoms with van der Waals surface area (Å²) in [6, 6.07) is 10.7. The molecule has 1 atom stereocenters. The molecule has 0 saturated heterocycles. The lowest BCUT2D eigenvalue weighted by atomic mass is 10.0. The summed E-state index contributed by atoms with van der Waals surface area (Å²) in [5, 5.41) is 0. The Hall–Kier alpha value is -1.15. The third kappa shape index (κ3) is 8.03. The number of hydrogen-bond donors (Lipinski definition) is 0. The van der Waals surface area contributed by atoms with E-state index in [1.807, 2.05) is 6.21 Å². The smallest absolute Gasteiger partial charge is 0.252 e. The van der Waals surface area contributed by atoms with Crippen molar-refractivity contribution >= 4 is 12.4 Å². The van der Waals surface area contributed by atoms with Gasteiger partial charge < -0.3 is 12.4 Å². The molecule has 1 aromatic rings. The van der Waals surface area contributed by atoms with Crippen LogP contribution in [0, 0.1) is 0 Å². The van der Waals surface area contributed by atoms with Crippen molar-refractivity contribution in [1.82, 2.24) is 0 Å². The number of hydrogen-bond acceptors (Lipinski definition) is 1. The number of nitrogens with zero attached hydrogens (tertiary/aromatic N) is 2. The van der Waals surface area contributed by atoms with E-state index in [2.05, 4.69) is 55.0 Å². The molecule has 0 bridgehead atoms. The largest absolute Gasteiger partial charge is 1.00 e. The van der Waals surface area contributed by atoms with Crippen LogP contribution in [-0.2, 0) is 6.54 Å². The molecule has 26 heavy (non-hydrogen) atoms. The number of halogens is 1. The van der Waals surface area contributed by atoms with Crippen LogP contribution in [0.4, 0.5) is 0 Å². The van der Waals surface area contributed by atoms with Gasteiger partial charge in [0, 0.05) is 18.9 Å². The van der Waals surface area contributed by atoms with E-state index in [0.717, 1.165) is 13.0 Å². The third-order valence-corrected chi connectivity index (χ3v) is 5.42. The first-order chi connectivity index (χ1) is 12.2. The zero-order valence-corrected chi connectivity index (χ0v) is 17.6. The standard InChI is InChI=1S/C23H37N2.ClH/c1-3-4-5-6-7-8-9-10-11-15-18-23(2)24-19-20-25(23)21-22-16-13-12-14-17-22;/h12-14,16-17,19-20H,3-11,15,18,21H2,1-2H3;1H/q+1;/p-1. The molecular weight excluding hydrogens is 340 g/mol. The van der Waals surface area contributed by atoms with Crippen LogP contribution < -0.4 is 12.4 Å². The quantitative estimate of drug-likeness (QED) is 0.370. The van der Waals surface area contributed by atoms with E-state index in [1.165, 1.54) is 69.8 Å². The molecule has 1 heterocycles. The van der Waals surface area contributed by atoms with Crippen molar-refractivity contribution in [1.29, 1.82) is 0 Å². The number of unbranched alkanes of at least 4 members (excludes halogenated alkanes) is 9. The van der Waals surface area contributed by atoms with Crippen molar-refractivity contribution in [2.24, 2.45) is 4.99 Å². The maximum absolute atomic E-state index is 4.77. The van der Waals surface area contributed by atoms with Crippen molar-refractivity contribution in [2.45, 2.75) is 96.7 Å². The molecule has 1 unspecified atom stereocenters. The van der Waals surface area contributed by atoms with Gasteiger partial charge in [-0.15, -0.1) is 0 Å². The van der Waals surface area contributed by atoms with E-state index in [9.17, 15) is 0 Å². The third-order valence-electron chi connectivity index (χ3n) is 5.42. The molecule has 0 N–H and O–H groups in total. The lowest BCUT2D eigenvalue weighted by Gasteiger charge is -2.20. The van der Waals surface area contributed by atoms with E-state index < -0.39 is 0 Å². The summed E-state index contributed by atoms with van der Waals surface area (Å²) in [6.07, 6.45) is 19.2. The highest BCUT2D eigenvalue weighted by molar-refractivity contribution is 6.14. The van der Waals surface area contributed by atoms with Gasteiger partial charge in [-0.1, -0.05) is 95.0 Å². The van der Waals surface area contributed by atoms with Crippen LogP contribution in [-0.4, -0.2) is 22.7 Å². The topological polar surface area (TPSA) is 15.4 Å². The van der Waals surface area contributed by atoms with Crippen LogP contribution >= 0.6 is 0 Å². The predicted octanol–water partition coefficient (Wildman–Crippen LogP) is 3.39. The van der Waals surface area contributed by atoms with E-state index in [-0.39, 0.29) is 18.1 Å². The van der Waals surface area contributed by atoms with Crippen molar-refractivity contribution in [3.05, 3.63) is 35.9 Å². The van der Waals surface area contributed by atoms with Crippen molar-refractivity contribution in [3.63, 3.8) is 0 Å². The van der Waals surface area contributed by atoms with Crippen LogP contribution in [0.1, 0.15) is 90.0 Å². The Kier molecular flexibility index (Phi) is 11.5. The van der Waals surface area contributed by atoms with Gasteiger partial charge in [-0.3, -0.25) is 0 Å². The van der Waals surface area contributed by atoms with Gasteiger partial charge in [-0.2, -0.15) is 0 Å². The Bertz CT molecular complexity index is 538. The van der Waals surface area contributed by atoms with Gasteiger partial charge in [0.25, 0.3) is 5.66 Å². The van der Waals surface area contributed by atoms with Crippen molar-refractivity contribution in [2.75, 3.05) is 0 Å². The number of aliphatic imine (C=N–C) groups is 1. The molecule has 0 radical (unpaired) electrons. The predicted molar refractivity (Wildman–Crippen MR) is 110 cm³/mol. The molecule has 3 heteroatoms. The second kappa shape index (κ2) is 13.1. The minimum absolute atomic E-state index is 0. The van der Waals surface area contributed by atoms with Gasteiger partial charge in [0.1, 0.15) is 0 Å². The molecule has 2 rings (SSSR count). The molecule has 0 amide bonds. The SMILES string of the molecule is CCCCCCCCCCCCC1(C)N=CC=[N+]1Cc1ccccc1.[Cl-]. The van der Waals surface area contributed by atoms with Gasteiger partial charge >= 0.3 is 0 Å². The summed E-state index contributed by atoms with van der Waals surface area (Å²) in [5.41, 5.74) is 1.31. The fraction of sp³-hybridized carbons (Fsp3) is 0.652. The summed E-state index contributed by atoms with van der Waals surface area (Å²) < 4.78 is 2.40. The molecule has 0 aliphatic carbocycles. The maximum atomic E-state index is 4.77. The normalized spacial score (nSPS) is 18.6. The number of rotatable bonds is 13. The summed E-state index contributed by atoms with van der Waals surface area (Å²) >= 11 is 0. The molecule has 0 fully saturated rings. The lowest BCUT2D eigenvalue weighted by molar-refractivity contribution is -0.610. The zero-order chi connectivity index (χ0) is 17.8. The van der Waals surface area contributed by atoms with E-state index >= 15 is 0 Å². The summed E-state index contributed by atoms with van der Waals surface area (Å²) in [4.78, 5) is 4.77. The Balaban J connectivity index is 0.00000338. The monoisotopic (exact) mass is 376 g/mol. The fourth-order valence-corrected chi connectivity index (χ4v) is 3.67. The summed E-state index contributed by atoms with van der Waals surface area (Å²) in [6.45, 7) is 5.52. The Morgan fingerprint density at radius 3 is 2.04 bits per heavy atom. The van der Waals surface area contributed by atoms with E-state index in [4.69, 9.17) is 4.99 Å². The summed E-state index contributed by atoms with van der Waals surface area (Å²) in [5.74, 6) is 0. The Morgan fingerprint density at radius 1 is 0.846 bits per heavy atom. The van der Waals surface area contributed by atoms with Crippen LogP contribution in [0.2, 0.25) is 0 Å². The summed E-state index contributed by atoms with van der Waals surface area (Å²) in [7, 11) is 0. The van der Waals surface area contributed by atoms with Crippen LogP contribution in [0.5, 0.6) is 0 Å². The van der Waals surface area contributed by atoms with E-state index in [0.29, 0.717) is 0 Å². The van der Waals surface area contributed by atoms with Gasteiger partial charge in [0.15, 0.2) is 12.8 Å². The molecule has 0 aromatic heterocycles. The molecule has 1 aliphatic rings. The van der Waals surface area contributed by atoms with Gasteiger partial charge in [0.2, 0.25) is 0 Å². The second-order valence-corrected chi connectivity index (χ2v) is 7.69. The fourth-order valence-electron chi connectivity index (χ4n) is 3.67. The molecule has 1 aromatic carbocycles. The van der Waals surface area contributed by atoms with Gasteiger partial charge in [0.05, 0.1) is 6.21 Å². The van der Waals surface area contributed by atoms with E-state index in [1.54, 1.807) is 0 Å². The first-order valence-electron chi connectivity index (χ1n) is 10.4. The average molecular weight is 377 g/mol. The average Bonchev–Trinajstić information content (AvgIpc) is 2.98. The highest BCUT2D eigenvalue weighted by Gasteiger charge is 2.36. The molecule has 1 aliphatic heterocycles. The maximum Gasteiger partial charge on any atom is 0.252 e. The number of benzene rings is 1. The highest BCUT2D eigenvalue weighted by atomic mass is 35.5.